The maximum Gasteiger partial charge on any atom is 0.287 e. The van der Waals surface area contributed by atoms with Crippen LogP contribution in [0.2, 0.25) is 0 Å². The molecule has 2 heterocycles. The number of nitrogens with zero attached hydrogens (tertiary/aromatic N) is 3. The number of carbonyl (C=O) groups is 2. The number of aromatic nitrogens is 2. The van der Waals surface area contributed by atoms with Crippen LogP contribution in [0.4, 0.5) is 0 Å². The third-order valence-corrected chi connectivity index (χ3v) is 5.90. The van der Waals surface area contributed by atoms with Crippen molar-refractivity contribution in [2.75, 3.05) is 13.1 Å². The van der Waals surface area contributed by atoms with E-state index in [0.717, 1.165) is 32.2 Å². The van der Waals surface area contributed by atoms with Crippen LogP contribution < -0.4 is 5.32 Å². The van der Waals surface area contributed by atoms with Crippen molar-refractivity contribution in [2.24, 2.45) is 18.4 Å². The minimum atomic E-state index is -0.141. The van der Waals surface area contributed by atoms with Crippen LogP contribution in [-0.4, -0.2) is 39.4 Å². The summed E-state index contributed by atoms with van der Waals surface area (Å²) in [5.74, 6) is 1.22. The van der Waals surface area contributed by atoms with Crippen molar-refractivity contribution >= 4 is 11.8 Å². The third-order valence-electron chi connectivity index (χ3n) is 5.90. The average molecular weight is 342 g/mol. The van der Waals surface area contributed by atoms with Crippen LogP contribution in [-0.2, 0) is 11.8 Å². The first-order valence-corrected chi connectivity index (χ1v) is 9.36. The van der Waals surface area contributed by atoms with Crippen molar-refractivity contribution in [3.8, 4) is 0 Å². The van der Waals surface area contributed by atoms with E-state index in [1.165, 1.54) is 18.5 Å². The molecule has 3 aliphatic rings. The van der Waals surface area contributed by atoms with Gasteiger partial charge in [-0.25, -0.2) is 4.98 Å². The van der Waals surface area contributed by atoms with Crippen molar-refractivity contribution < 1.29 is 9.59 Å². The van der Waals surface area contributed by atoms with E-state index in [9.17, 15) is 9.59 Å². The number of allylic oxidation sites excluding steroid dienone is 1. The quantitative estimate of drug-likeness (QED) is 0.892. The van der Waals surface area contributed by atoms with Crippen LogP contribution in [0.1, 0.15) is 55.6 Å². The van der Waals surface area contributed by atoms with Crippen molar-refractivity contribution in [3.63, 3.8) is 0 Å². The van der Waals surface area contributed by atoms with Gasteiger partial charge in [-0.15, -0.1) is 0 Å². The van der Waals surface area contributed by atoms with E-state index in [0.29, 0.717) is 24.7 Å². The lowest BCUT2D eigenvalue weighted by Crippen LogP contribution is -2.51. The molecule has 1 atom stereocenters. The molecule has 1 unspecified atom stereocenters. The summed E-state index contributed by atoms with van der Waals surface area (Å²) in [5.41, 5.74) is 1.07. The Balaban J connectivity index is 1.52. The first kappa shape index (κ1) is 16.4. The van der Waals surface area contributed by atoms with E-state index in [1.807, 2.05) is 11.9 Å². The lowest BCUT2D eigenvalue weighted by atomic mass is 9.69. The highest BCUT2D eigenvalue weighted by Crippen LogP contribution is 2.47. The van der Waals surface area contributed by atoms with Gasteiger partial charge in [0.2, 0.25) is 5.91 Å². The SMILES string of the molecule is Cn1ccnc1C(=O)NCC12CCCC=C1N(CC1CC1)C(=O)CC2. The zero-order chi connectivity index (χ0) is 17.4. The molecular weight excluding hydrogens is 316 g/mol. The Morgan fingerprint density at radius 3 is 2.96 bits per heavy atom. The number of amides is 2. The summed E-state index contributed by atoms with van der Waals surface area (Å²) in [5, 5.41) is 3.09. The molecule has 1 saturated carbocycles. The van der Waals surface area contributed by atoms with Crippen molar-refractivity contribution in [3.05, 3.63) is 30.0 Å². The van der Waals surface area contributed by atoms with E-state index >= 15 is 0 Å². The van der Waals surface area contributed by atoms with Crippen LogP contribution >= 0.6 is 0 Å². The summed E-state index contributed by atoms with van der Waals surface area (Å²) in [7, 11) is 1.82. The molecule has 6 heteroatoms. The molecule has 0 spiro atoms. The Bertz CT molecular complexity index is 719. The zero-order valence-corrected chi connectivity index (χ0v) is 14.8. The number of likely N-dealkylation sites (tertiary alicyclic amines) is 1. The number of carbonyl (C=O) groups excluding carboxylic acids is 2. The van der Waals surface area contributed by atoms with Gasteiger partial charge in [0.1, 0.15) is 0 Å². The van der Waals surface area contributed by atoms with E-state index in [2.05, 4.69) is 16.4 Å². The first-order valence-electron chi connectivity index (χ1n) is 9.36. The molecule has 25 heavy (non-hydrogen) atoms. The monoisotopic (exact) mass is 342 g/mol. The molecule has 1 aromatic rings. The number of rotatable bonds is 5. The van der Waals surface area contributed by atoms with Gasteiger partial charge >= 0.3 is 0 Å². The van der Waals surface area contributed by atoms with Gasteiger partial charge in [-0.05, 0) is 44.4 Å². The zero-order valence-electron chi connectivity index (χ0n) is 14.8. The second kappa shape index (κ2) is 6.32. The molecule has 2 amide bonds. The number of imidazole rings is 1. The van der Waals surface area contributed by atoms with Crippen LogP contribution in [0.5, 0.6) is 0 Å². The number of nitrogens with one attached hydrogen (secondary N) is 1. The summed E-state index contributed by atoms with van der Waals surface area (Å²) in [6.07, 6.45) is 12.7. The number of hydrogen-bond acceptors (Lipinski definition) is 3. The fourth-order valence-corrected chi connectivity index (χ4v) is 4.23. The Morgan fingerprint density at radius 2 is 2.24 bits per heavy atom. The molecule has 0 radical (unpaired) electrons. The fourth-order valence-electron chi connectivity index (χ4n) is 4.23. The largest absolute Gasteiger partial charge is 0.348 e. The van der Waals surface area contributed by atoms with Gasteiger partial charge in [-0.2, -0.15) is 0 Å². The number of piperidine rings is 1. The average Bonchev–Trinajstić information content (AvgIpc) is 3.34. The smallest absolute Gasteiger partial charge is 0.287 e. The molecule has 6 nitrogen and oxygen atoms in total. The number of aryl methyl sites for hydroxylation is 1. The second-order valence-electron chi connectivity index (χ2n) is 7.75. The molecule has 2 aliphatic carbocycles. The Morgan fingerprint density at radius 1 is 1.40 bits per heavy atom. The summed E-state index contributed by atoms with van der Waals surface area (Å²) in [6.45, 7) is 1.44. The molecular formula is C19H26N4O2. The van der Waals surface area contributed by atoms with Crippen molar-refractivity contribution in [1.82, 2.24) is 19.8 Å². The van der Waals surface area contributed by atoms with Gasteiger partial charge in [0.25, 0.3) is 5.91 Å². The van der Waals surface area contributed by atoms with Gasteiger partial charge in [-0.1, -0.05) is 6.08 Å². The summed E-state index contributed by atoms with van der Waals surface area (Å²) >= 11 is 0. The molecule has 1 aliphatic heterocycles. The van der Waals surface area contributed by atoms with Crippen molar-refractivity contribution in [1.29, 1.82) is 0 Å². The highest BCUT2D eigenvalue weighted by atomic mass is 16.2. The maximum atomic E-state index is 12.5. The van der Waals surface area contributed by atoms with Crippen molar-refractivity contribution in [2.45, 2.75) is 44.9 Å². The third kappa shape index (κ3) is 3.10. The lowest BCUT2D eigenvalue weighted by Gasteiger charge is -2.47. The van der Waals surface area contributed by atoms with Gasteiger partial charge in [0, 0.05) is 50.1 Å². The summed E-state index contributed by atoms with van der Waals surface area (Å²) in [6, 6.07) is 0. The molecule has 0 bridgehead atoms. The molecule has 1 saturated heterocycles. The van der Waals surface area contributed by atoms with Crippen LogP contribution in [0.3, 0.4) is 0 Å². The van der Waals surface area contributed by atoms with Gasteiger partial charge in [-0.3, -0.25) is 9.59 Å². The number of fused-ring (bicyclic) bond motifs is 1. The first-order chi connectivity index (χ1) is 12.1. The maximum absolute atomic E-state index is 12.5. The topological polar surface area (TPSA) is 67.2 Å². The Kier molecular flexibility index (Phi) is 4.13. The van der Waals surface area contributed by atoms with E-state index in [-0.39, 0.29) is 17.2 Å². The summed E-state index contributed by atoms with van der Waals surface area (Å²) in [4.78, 5) is 31.2. The second-order valence-corrected chi connectivity index (χ2v) is 7.75. The van der Waals surface area contributed by atoms with Gasteiger partial charge in [0.05, 0.1) is 0 Å². The predicted octanol–water partition coefficient (Wildman–Crippen LogP) is 2.24. The van der Waals surface area contributed by atoms with E-state index in [1.54, 1.807) is 17.0 Å². The standard InChI is InChI=1S/C19H26N4O2/c1-22-11-10-20-17(22)18(25)21-13-19-8-3-2-4-15(19)23(12-14-5-6-14)16(24)7-9-19/h4,10-11,14H,2-3,5-9,12-13H2,1H3,(H,21,25). The lowest BCUT2D eigenvalue weighted by molar-refractivity contribution is -0.134. The minimum Gasteiger partial charge on any atom is -0.348 e. The van der Waals surface area contributed by atoms with Crippen LogP contribution in [0.15, 0.2) is 24.2 Å². The highest BCUT2D eigenvalue weighted by Gasteiger charge is 2.45. The Labute approximate surface area is 148 Å². The molecule has 4 rings (SSSR count). The molecule has 1 aromatic heterocycles. The van der Waals surface area contributed by atoms with E-state index < -0.39 is 0 Å². The fraction of sp³-hybridized carbons (Fsp3) is 0.632. The molecule has 0 aromatic carbocycles. The van der Waals surface area contributed by atoms with Gasteiger partial charge in [0.15, 0.2) is 5.82 Å². The minimum absolute atomic E-state index is 0.0954. The Hall–Kier alpha value is -2.11. The number of hydrogen-bond donors (Lipinski definition) is 1. The molecule has 1 N–H and O–H groups in total. The van der Waals surface area contributed by atoms with Gasteiger partial charge < -0.3 is 14.8 Å². The summed E-state index contributed by atoms with van der Waals surface area (Å²) < 4.78 is 1.73. The predicted molar refractivity (Wildman–Crippen MR) is 93.6 cm³/mol. The molecule has 134 valence electrons. The van der Waals surface area contributed by atoms with Crippen LogP contribution in [0, 0.1) is 11.3 Å². The van der Waals surface area contributed by atoms with Crippen LogP contribution in [0.25, 0.3) is 0 Å². The molecule has 2 fully saturated rings. The highest BCUT2D eigenvalue weighted by molar-refractivity contribution is 5.90. The van der Waals surface area contributed by atoms with E-state index in [4.69, 9.17) is 0 Å². The normalized spacial score (nSPS) is 26.2.